The zero-order valence-corrected chi connectivity index (χ0v) is 9.60. The first-order valence-corrected chi connectivity index (χ1v) is 5.93. The first kappa shape index (κ1) is 10.2. The minimum Gasteiger partial charge on any atom is -0.390 e. The van der Waals surface area contributed by atoms with Crippen LogP contribution >= 0.6 is 22.6 Å². The van der Waals surface area contributed by atoms with E-state index in [9.17, 15) is 5.11 Å². The van der Waals surface area contributed by atoms with Crippen molar-refractivity contribution < 1.29 is 14.6 Å². The van der Waals surface area contributed by atoms with Crippen LogP contribution in [0.1, 0.15) is 6.92 Å². The largest absolute Gasteiger partial charge is 0.390 e. The molecular formula is C8H12BIO3. The van der Waals surface area contributed by atoms with E-state index >= 15 is 0 Å². The van der Waals surface area contributed by atoms with Gasteiger partial charge in [0.1, 0.15) is 13.4 Å². The quantitative estimate of drug-likeness (QED) is 0.423. The van der Waals surface area contributed by atoms with E-state index < -0.39 is 11.7 Å². The number of aliphatic hydroxyl groups excluding tert-OH is 1. The third-order valence-corrected chi connectivity index (χ3v) is 4.31. The predicted octanol–water partition coefficient (Wildman–Crippen LogP) is 0.0808. The summed E-state index contributed by atoms with van der Waals surface area (Å²) in [6.45, 7) is 2.43. The van der Waals surface area contributed by atoms with Crippen LogP contribution in [0.4, 0.5) is 0 Å². The van der Waals surface area contributed by atoms with Crippen molar-refractivity contribution in [1.82, 2.24) is 0 Å². The van der Waals surface area contributed by atoms with Gasteiger partial charge in [0, 0.05) is 16.3 Å². The smallest absolute Gasteiger partial charge is 0.128 e. The van der Waals surface area contributed by atoms with E-state index in [-0.39, 0.29) is 18.0 Å². The number of alkyl halides is 1. The second kappa shape index (κ2) is 3.36. The van der Waals surface area contributed by atoms with Gasteiger partial charge >= 0.3 is 0 Å². The van der Waals surface area contributed by atoms with Gasteiger partial charge in [0.15, 0.2) is 0 Å². The molecule has 2 aliphatic heterocycles. The molecule has 3 nitrogen and oxygen atoms in total. The van der Waals surface area contributed by atoms with Gasteiger partial charge in [-0.25, -0.2) is 0 Å². The molecule has 2 fully saturated rings. The van der Waals surface area contributed by atoms with E-state index in [1.54, 1.807) is 0 Å². The molecule has 2 rings (SSSR count). The maximum absolute atomic E-state index is 10.0. The van der Waals surface area contributed by atoms with Gasteiger partial charge in [-0.05, 0) is 6.92 Å². The van der Waals surface area contributed by atoms with Gasteiger partial charge in [0.25, 0.3) is 0 Å². The normalized spacial score (nSPS) is 55.3. The molecule has 0 spiro atoms. The van der Waals surface area contributed by atoms with Gasteiger partial charge < -0.3 is 14.6 Å². The topological polar surface area (TPSA) is 38.7 Å². The van der Waals surface area contributed by atoms with E-state index in [1.807, 2.05) is 6.92 Å². The Labute approximate surface area is 92.7 Å². The number of hydrogen-bond acceptors (Lipinski definition) is 3. The highest BCUT2D eigenvalue weighted by Gasteiger charge is 2.58. The number of halogens is 1. The summed E-state index contributed by atoms with van der Waals surface area (Å²) in [5, 5.41) is 10.0. The second-order valence-electron chi connectivity index (χ2n) is 3.76. The average molecular weight is 294 g/mol. The van der Waals surface area contributed by atoms with Crippen LogP contribution in [0.2, 0.25) is 0 Å². The fourth-order valence-corrected chi connectivity index (χ4v) is 3.34. The molecule has 0 aromatic carbocycles. The SMILES string of the molecule is [B][C@@H]1O[C@@]2(CI)C(C)OCC1C2O. The lowest BCUT2D eigenvalue weighted by Crippen LogP contribution is -2.56. The molecule has 2 bridgehead atoms. The molecule has 0 amide bonds. The maximum Gasteiger partial charge on any atom is 0.128 e. The van der Waals surface area contributed by atoms with Gasteiger partial charge in [0.2, 0.25) is 0 Å². The summed E-state index contributed by atoms with van der Waals surface area (Å²) in [6, 6.07) is -0.380. The molecule has 0 aromatic rings. The molecule has 13 heavy (non-hydrogen) atoms. The Morgan fingerprint density at radius 1 is 1.69 bits per heavy atom. The second-order valence-corrected chi connectivity index (χ2v) is 4.52. The van der Waals surface area contributed by atoms with Crippen molar-refractivity contribution in [2.45, 2.75) is 30.7 Å². The highest BCUT2D eigenvalue weighted by molar-refractivity contribution is 14.1. The lowest BCUT2D eigenvalue weighted by molar-refractivity contribution is -0.159. The van der Waals surface area contributed by atoms with Crippen molar-refractivity contribution >= 4 is 30.4 Å². The monoisotopic (exact) mass is 294 g/mol. The van der Waals surface area contributed by atoms with Crippen molar-refractivity contribution in [2.75, 3.05) is 11.0 Å². The van der Waals surface area contributed by atoms with Crippen molar-refractivity contribution in [3.05, 3.63) is 0 Å². The summed E-state index contributed by atoms with van der Waals surface area (Å²) in [4.78, 5) is 0. The molecule has 5 heteroatoms. The van der Waals surface area contributed by atoms with E-state index in [1.165, 1.54) is 0 Å². The Kier molecular flexibility index (Phi) is 2.64. The first-order valence-electron chi connectivity index (χ1n) is 4.41. The van der Waals surface area contributed by atoms with Crippen LogP contribution in [0, 0.1) is 5.92 Å². The van der Waals surface area contributed by atoms with Crippen LogP contribution in [0.3, 0.4) is 0 Å². The van der Waals surface area contributed by atoms with Crippen LogP contribution in [0.15, 0.2) is 0 Å². The molecule has 2 heterocycles. The van der Waals surface area contributed by atoms with E-state index in [4.69, 9.17) is 17.3 Å². The van der Waals surface area contributed by atoms with Gasteiger partial charge in [-0.3, -0.25) is 0 Å². The Balaban J connectivity index is 2.30. The standard InChI is InChI=1S/C8H12BIO3/c1-4-8(3-10)6(11)5(2-12-4)7(9)13-8/h4-7,11H,2-3H2,1H3/t4?,5?,6?,7-,8+/m1/s1. The van der Waals surface area contributed by atoms with E-state index in [2.05, 4.69) is 22.6 Å². The van der Waals surface area contributed by atoms with Gasteiger partial charge in [-0.1, -0.05) is 22.6 Å². The van der Waals surface area contributed by atoms with Gasteiger partial charge in [0.05, 0.1) is 18.8 Å². The van der Waals surface area contributed by atoms with Crippen LogP contribution in [0.25, 0.3) is 0 Å². The number of fused-ring (bicyclic) bond motifs is 2. The summed E-state index contributed by atoms with van der Waals surface area (Å²) in [5.74, 6) is -0.0639. The molecule has 5 atom stereocenters. The molecule has 1 N–H and O–H groups in total. The highest BCUT2D eigenvalue weighted by atomic mass is 127. The summed E-state index contributed by atoms with van der Waals surface area (Å²) < 4.78 is 11.9. The fraction of sp³-hybridized carbons (Fsp3) is 1.00. The van der Waals surface area contributed by atoms with Gasteiger partial charge in [-0.2, -0.15) is 0 Å². The Bertz CT molecular complexity index is 216. The van der Waals surface area contributed by atoms with Crippen molar-refractivity contribution in [1.29, 1.82) is 0 Å². The first-order chi connectivity index (χ1) is 6.12. The molecule has 0 aliphatic carbocycles. The molecule has 2 radical (unpaired) electrons. The fourth-order valence-electron chi connectivity index (χ4n) is 2.09. The Hall–Kier alpha value is 0.675. The van der Waals surface area contributed by atoms with E-state index in [0.717, 1.165) is 0 Å². The molecule has 3 unspecified atom stereocenters. The van der Waals surface area contributed by atoms with Crippen LogP contribution in [-0.4, -0.2) is 47.8 Å². The molecule has 0 aromatic heterocycles. The van der Waals surface area contributed by atoms with Crippen molar-refractivity contribution in [2.24, 2.45) is 5.92 Å². The Morgan fingerprint density at radius 3 is 2.92 bits per heavy atom. The third kappa shape index (κ3) is 1.27. The van der Waals surface area contributed by atoms with Crippen LogP contribution in [-0.2, 0) is 9.47 Å². The number of rotatable bonds is 1. The Morgan fingerprint density at radius 2 is 2.38 bits per heavy atom. The minimum absolute atomic E-state index is 0.0639. The van der Waals surface area contributed by atoms with Crippen molar-refractivity contribution in [3.8, 4) is 0 Å². The summed E-state index contributed by atoms with van der Waals surface area (Å²) in [6.07, 6.45) is -0.563. The van der Waals surface area contributed by atoms with Gasteiger partial charge in [-0.15, -0.1) is 0 Å². The molecule has 0 saturated carbocycles. The average Bonchev–Trinajstić information content (AvgIpc) is 2.26. The number of hydrogen-bond donors (Lipinski definition) is 1. The number of aliphatic hydroxyl groups is 1. The van der Waals surface area contributed by atoms with Crippen LogP contribution < -0.4 is 0 Å². The lowest BCUT2D eigenvalue weighted by atomic mass is 9.79. The molecule has 2 saturated heterocycles. The summed E-state index contributed by atoms with van der Waals surface area (Å²) in [7, 11) is 5.77. The minimum atomic E-state index is -0.580. The summed E-state index contributed by atoms with van der Waals surface area (Å²) >= 11 is 2.21. The third-order valence-electron chi connectivity index (χ3n) is 3.12. The van der Waals surface area contributed by atoms with Crippen molar-refractivity contribution in [3.63, 3.8) is 0 Å². The zero-order valence-electron chi connectivity index (χ0n) is 7.44. The molecule has 2 aliphatic rings. The van der Waals surface area contributed by atoms with Crippen LogP contribution in [0.5, 0.6) is 0 Å². The predicted molar refractivity (Wildman–Crippen MR) is 57.2 cm³/mol. The zero-order chi connectivity index (χ0) is 9.64. The highest BCUT2D eigenvalue weighted by Crippen LogP contribution is 2.43. The molecular weight excluding hydrogens is 282 g/mol. The van der Waals surface area contributed by atoms with E-state index in [0.29, 0.717) is 11.0 Å². The molecule has 72 valence electrons. The number of ether oxygens (including phenoxy) is 2. The summed E-state index contributed by atoms with van der Waals surface area (Å²) in [5.41, 5.74) is -0.580. The lowest BCUT2D eigenvalue weighted by Gasteiger charge is -2.40. The maximum atomic E-state index is 10.0.